The molecule has 3 aromatic rings. The number of thiocarbonyl (C=S) groups is 1. The molecule has 0 radical (unpaired) electrons. The van der Waals surface area contributed by atoms with Crippen molar-refractivity contribution < 1.29 is 17.9 Å². The molecule has 4 rings (SSSR count). The maximum absolute atomic E-state index is 12.7. The van der Waals surface area contributed by atoms with Crippen molar-refractivity contribution >= 4 is 54.8 Å². The summed E-state index contributed by atoms with van der Waals surface area (Å²) < 4.78 is 35.1. The summed E-state index contributed by atoms with van der Waals surface area (Å²) in [6.45, 7) is 1.51. The van der Waals surface area contributed by atoms with Crippen LogP contribution < -0.4 is 15.5 Å². The summed E-state index contributed by atoms with van der Waals surface area (Å²) in [5, 5.41) is 7.03. The van der Waals surface area contributed by atoms with Crippen molar-refractivity contribution in [1.82, 2.24) is 19.6 Å². The van der Waals surface area contributed by atoms with E-state index in [1.807, 2.05) is 35.9 Å². The Morgan fingerprint density at radius 1 is 1.15 bits per heavy atom. The first-order chi connectivity index (χ1) is 16.3. The lowest BCUT2D eigenvalue weighted by Gasteiger charge is -2.26. The Balaban J connectivity index is 1.28. The number of carbonyl (C=O) groups is 1. The topological polar surface area (TPSA) is 105 Å². The van der Waals surface area contributed by atoms with E-state index in [-0.39, 0.29) is 22.3 Å². The molecule has 1 fully saturated rings. The lowest BCUT2D eigenvalue weighted by atomic mass is 10.1. The molecule has 0 saturated carbocycles. The van der Waals surface area contributed by atoms with E-state index in [2.05, 4.69) is 15.8 Å². The molecular formula is C22H25N5O4S3. The molecule has 2 aromatic carbocycles. The number of nitrogens with zero attached hydrogens (tertiary/aromatic N) is 3. The van der Waals surface area contributed by atoms with Crippen LogP contribution in [0.4, 0.5) is 0 Å². The molecule has 0 aliphatic carbocycles. The Labute approximate surface area is 207 Å². The van der Waals surface area contributed by atoms with Gasteiger partial charge in [0.1, 0.15) is 0 Å². The molecule has 2 heterocycles. The molecule has 1 aromatic heterocycles. The second-order valence-corrected chi connectivity index (χ2v) is 11.0. The fourth-order valence-electron chi connectivity index (χ4n) is 3.53. The second-order valence-electron chi connectivity index (χ2n) is 7.67. The number of thiazole rings is 1. The Kier molecular flexibility index (Phi) is 7.73. The predicted molar refractivity (Wildman–Crippen MR) is 135 cm³/mol. The van der Waals surface area contributed by atoms with Gasteiger partial charge in [-0.1, -0.05) is 35.6 Å². The standard InChI is InChI=1S/C22H25N5O4S3/c1-26-18-4-2-3-5-19(18)33-22(26)25-24-21(32)23-20(28)11-8-16-6-9-17(10-7-16)34(29,30)27-12-14-31-15-13-27/h2-7,9-10H,8,11-15H2,1H3,(H2,23,24,28,32)/b25-22-. The molecular weight excluding hydrogens is 494 g/mol. The lowest BCUT2D eigenvalue weighted by Crippen LogP contribution is -2.40. The highest BCUT2D eigenvalue weighted by molar-refractivity contribution is 7.89. The van der Waals surface area contributed by atoms with Gasteiger partial charge < -0.3 is 14.6 Å². The van der Waals surface area contributed by atoms with E-state index < -0.39 is 10.0 Å². The number of nitrogens with one attached hydrogen (secondary N) is 2. The Morgan fingerprint density at radius 2 is 1.85 bits per heavy atom. The van der Waals surface area contributed by atoms with E-state index in [1.54, 1.807) is 24.3 Å². The number of hydrogen-bond acceptors (Lipinski definition) is 7. The van der Waals surface area contributed by atoms with Crippen LogP contribution in [0.5, 0.6) is 0 Å². The van der Waals surface area contributed by atoms with Gasteiger partial charge in [0.15, 0.2) is 5.11 Å². The van der Waals surface area contributed by atoms with Crippen LogP contribution in [0.2, 0.25) is 0 Å². The maximum Gasteiger partial charge on any atom is 0.243 e. The summed E-state index contributed by atoms with van der Waals surface area (Å²) in [7, 11) is -1.61. The zero-order chi connectivity index (χ0) is 24.1. The average Bonchev–Trinajstić information content (AvgIpc) is 3.18. The molecule has 9 nitrogen and oxygen atoms in total. The summed E-state index contributed by atoms with van der Waals surface area (Å²) in [6, 6.07) is 14.6. The molecule has 1 amide bonds. The van der Waals surface area contributed by atoms with Crippen molar-refractivity contribution in [1.29, 1.82) is 0 Å². The lowest BCUT2D eigenvalue weighted by molar-refractivity contribution is -0.119. The number of carbonyl (C=O) groups excluding carboxylic acids is 1. The summed E-state index contributed by atoms with van der Waals surface area (Å²) >= 11 is 6.70. The minimum absolute atomic E-state index is 0.120. The molecule has 0 bridgehead atoms. The molecule has 0 atom stereocenters. The van der Waals surface area contributed by atoms with Crippen LogP contribution >= 0.6 is 23.6 Å². The fraction of sp³-hybridized carbons (Fsp3) is 0.318. The van der Waals surface area contributed by atoms with E-state index in [0.717, 1.165) is 20.6 Å². The van der Waals surface area contributed by atoms with Gasteiger partial charge in [-0.2, -0.15) is 4.31 Å². The molecule has 1 aliphatic rings. The number of aryl methyl sites for hydroxylation is 2. The first-order valence-electron chi connectivity index (χ1n) is 10.7. The number of para-hydroxylation sites is 1. The molecule has 0 unspecified atom stereocenters. The van der Waals surface area contributed by atoms with Crippen molar-refractivity contribution in [2.24, 2.45) is 12.1 Å². The number of rotatable bonds is 6. The minimum Gasteiger partial charge on any atom is -0.379 e. The Bertz CT molecular complexity index is 1360. The molecule has 1 saturated heterocycles. The average molecular weight is 520 g/mol. The fourth-order valence-corrected chi connectivity index (χ4v) is 6.07. The second kappa shape index (κ2) is 10.7. The van der Waals surface area contributed by atoms with Crippen LogP contribution in [0, 0.1) is 0 Å². The normalized spacial score (nSPS) is 15.4. The number of fused-ring (bicyclic) bond motifs is 1. The monoisotopic (exact) mass is 519 g/mol. The zero-order valence-electron chi connectivity index (χ0n) is 18.6. The Morgan fingerprint density at radius 3 is 2.56 bits per heavy atom. The first kappa shape index (κ1) is 24.5. The van der Waals surface area contributed by atoms with Gasteiger partial charge in [-0.15, -0.1) is 5.10 Å². The van der Waals surface area contributed by atoms with Gasteiger partial charge in [-0.3, -0.25) is 10.2 Å². The first-order valence-corrected chi connectivity index (χ1v) is 13.4. The van der Waals surface area contributed by atoms with Gasteiger partial charge in [0.2, 0.25) is 20.7 Å². The van der Waals surface area contributed by atoms with Gasteiger partial charge >= 0.3 is 0 Å². The van der Waals surface area contributed by atoms with Gasteiger partial charge in [0.05, 0.1) is 28.3 Å². The molecule has 180 valence electrons. The van der Waals surface area contributed by atoms with Crippen LogP contribution in [-0.4, -0.2) is 54.6 Å². The number of morpholine rings is 1. The molecule has 2 N–H and O–H groups in total. The van der Waals surface area contributed by atoms with Crippen molar-refractivity contribution in [2.75, 3.05) is 26.3 Å². The van der Waals surface area contributed by atoms with Crippen LogP contribution in [0.3, 0.4) is 0 Å². The van der Waals surface area contributed by atoms with Crippen LogP contribution in [0.25, 0.3) is 10.2 Å². The highest BCUT2D eigenvalue weighted by Crippen LogP contribution is 2.18. The summed E-state index contributed by atoms with van der Waals surface area (Å²) in [5.74, 6) is -0.251. The SMILES string of the molecule is Cn1/c(=N/NC(=S)NC(=O)CCc2ccc(S(=O)(=O)N3CCOCC3)cc2)sc2ccccc21. The summed E-state index contributed by atoms with van der Waals surface area (Å²) in [6.07, 6.45) is 0.656. The van der Waals surface area contributed by atoms with E-state index in [9.17, 15) is 13.2 Å². The highest BCUT2D eigenvalue weighted by atomic mass is 32.2. The largest absolute Gasteiger partial charge is 0.379 e. The minimum atomic E-state index is -3.53. The number of aromatic nitrogens is 1. The zero-order valence-corrected chi connectivity index (χ0v) is 21.0. The smallest absolute Gasteiger partial charge is 0.243 e. The molecule has 12 heteroatoms. The number of amides is 1. The van der Waals surface area contributed by atoms with Crippen molar-refractivity contribution in [3.63, 3.8) is 0 Å². The molecule has 0 spiro atoms. The van der Waals surface area contributed by atoms with Gasteiger partial charge in [0.25, 0.3) is 0 Å². The van der Waals surface area contributed by atoms with Crippen molar-refractivity contribution in [3.8, 4) is 0 Å². The maximum atomic E-state index is 12.7. The third-order valence-electron chi connectivity index (χ3n) is 5.39. The third-order valence-corrected chi connectivity index (χ3v) is 8.61. The van der Waals surface area contributed by atoms with E-state index in [1.165, 1.54) is 15.6 Å². The van der Waals surface area contributed by atoms with Crippen LogP contribution in [-0.2, 0) is 33.0 Å². The number of benzene rings is 2. The molecule has 34 heavy (non-hydrogen) atoms. The highest BCUT2D eigenvalue weighted by Gasteiger charge is 2.26. The quantitative estimate of drug-likeness (QED) is 0.380. The third kappa shape index (κ3) is 5.70. The summed E-state index contributed by atoms with van der Waals surface area (Å²) in [5.41, 5.74) is 4.64. The molecule has 1 aliphatic heterocycles. The van der Waals surface area contributed by atoms with Crippen molar-refractivity contribution in [2.45, 2.75) is 17.7 Å². The predicted octanol–water partition coefficient (Wildman–Crippen LogP) is 1.70. The number of ether oxygens (including phenoxy) is 1. The summed E-state index contributed by atoms with van der Waals surface area (Å²) in [4.78, 5) is 13.2. The van der Waals surface area contributed by atoms with Crippen LogP contribution in [0.1, 0.15) is 12.0 Å². The number of sulfonamides is 1. The van der Waals surface area contributed by atoms with E-state index >= 15 is 0 Å². The van der Waals surface area contributed by atoms with Crippen LogP contribution in [0.15, 0.2) is 58.5 Å². The van der Waals surface area contributed by atoms with Gasteiger partial charge in [-0.05, 0) is 48.5 Å². The van der Waals surface area contributed by atoms with Crippen molar-refractivity contribution in [3.05, 3.63) is 58.9 Å². The number of hydrogen-bond donors (Lipinski definition) is 2. The van der Waals surface area contributed by atoms with E-state index in [4.69, 9.17) is 17.0 Å². The van der Waals surface area contributed by atoms with E-state index in [0.29, 0.717) is 32.7 Å². The van der Waals surface area contributed by atoms with Gasteiger partial charge in [-0.25, -0.2) is 8.42 Å². The Hall–Kier alpha value is -2.64. The van der Waals surface area contributed by atoms with Gasteiger partial charge in [0, 0.05) is 26.6 Å².